The minimum Gasteiger partial charge on any atom is -0.340 e. The lowest BCUT2D eigenvalue weighted by Crippen LogP contribution is -2.33. The molecule has 0 spiro atoms. The quantitative estimate of drug-likeness (QED) is 0.856. The predicted molar refractivity (Wildman–Crippen MR) is 62.3 cm³/mol. The van der Waals surface area contributed by atoms with E-state index in [0.29, 0.717) is 25.2 Å². The summed E-state index contributed by atoms with van der Waals surface area (Å²) in [5, 5.41) is 2.80. The van der Waals surface area contributed by atoms with Gasteiger partial charge in [0.25, 0.3) is 5.91 Å². The van der Waals surface area contributed by atoms with E-state index in [1.165, 1.54) is 11.9 Å². The Balaban J connectivity index is 3.00. The van der Waals surface area contributed by atoms with Gasteiger partial charge >= 0.3 is 6.18 Å². The van der Waals surface area contributed by atoms with Crippen LogP contribution in [0, 0.1) is 5.82 Å². The van der Waals surface area contributed by atoms with Crippen LogP contribution in [0.2, 0.25) is 0 Å². The molecule has 0 saturated carbocycles. The van der Waals surface area contributed by atoms with Crippen molar-refractivity contribution in [2.24, 2.45) is 0 Å². The molecule has 0 bridgehead atoms. The van der Waals surface area contributed by atoms with E-state index in [4.69, 9.17) is 0 Å². The number of carbonyl (C=O) groups is 1. The lowest BCUT2D eigenvalue weighted by Gasteiger charge is -2.17. The lowest BCUT2D eigenvalue weighted by molar-refractivity contribution is -0.137. The molecule has 0 aliphatic heterocycles. The van der Waals surface area contributed by atoms with Crippen molar-refractivity contribution in [2.75, 3.05) is 27.2 Å². The SMILES string of the molecule is CNCCN(C)C(=O)c1cc(F)cc(C(F)(F)F)c1. The smallest absolute Gasteiger partial charge is 0.340 e. The molecule has 1 amide bonds. The first-order valence-corrected chi connectivity index (χ1v) is 5.53. The van der Waals surface area contributed by atoms with E-state index in [0.717, 1.165) is 6.07 Å². The van der Waals surface area contributed by atoms with Crippen LogP contribution in [-0.2, 0) is 6.18 Å². The van der Waals surface area contributed by atoms with Crippen molar-refractivity contribution in [1.29, 1.82) is 0 Å². The van der Waals surface area contributed by atoms with Gasteiger partial charge in [-0.15, -0.1) is 0 Å². The molecular weight excluding hydrogens is 264 g/mol. The van der Waals surface area contributed by atoms with E-state index < -0.39 is 23.5 Å². The molecule has 0 atom stereocenters. The molecule has 0 aromatic heterocycles. The number of hydrogen-bond donors (Lipinski definition) is 1. The van der Waals surface area contributed by atoms with Gasteiger partial charge in [-0.25, -0.2) is 4.39 Å². The molecule has 1 aromatic carbocycles. The Bertz CT molecular complexity index is 460. The van der Waals surface area contributed by atoms with Crippen molar-refractivity contribution in [2.45, 2.75) is 6.18 Å². The minimum absolute atomic E-state index is 0.313. The summed E-state index contributed by atoms with van der Waals surface area (Å²) in [5.74, 6) is -1.74. The number of carbonyl (C=O) groups excluding carboxylic acids is 1. The van der Waals surface area contributed by atoms with Crippen LogP contribution in [0.15, 0.2) is 18.2 Å². The van der Waals surface area contributed by atoms with Gasteiger partial charge in [-0.2, -0.15) is 13.2 Å². The van der Waals surface area contributed by atoms with Gasteiger partial charge in [-0.1, -0.05) is 0 Å². The molecule has 0 fully saturated rings. The maximum atomic E-state index is 13.2. The predicted octanol–water partition coefficient (Wildman–Crippen LogP) is 2.14. The summed E-state index contributed by atoms with van der Waals surface area (Å²) in [7, 11) is 3.13. The van der Waals surface area contributed by atoms with Crippen LogP contribution in [0.1, 0.15) is 15.9 Å². The highest BCUT2D eigenvalue weighted by Crippen LogP contribution is 2.30. The molecule has 3 nitrogen and oxygen atoms in total. The molecule has 0 unspecified atom stereocenters. The van der Waals surface area contributed by atoms with Crippen LogP contribution in [-0.4, -0.2) is 38.0 Å². The van der Waals surface area contributed by atoms with Crippen LogP contribution in [0.3, 0.4) is 0 Å². The van der Waals surface area contributed by atoms with Crippen molar-refractivity contribution in [3.63, 3.8) is 0 Å². The van der Waals surface area contributed by atoms with Gasteiger partial charge in [-0.05, 0) is 25.2 Å². The molecule has 0 heterocycles. The fourth-order valence-corrected chi connectivity index (χ4v) is 1.48. The van der Waals surface area contributed by atoms with Crippen molar-refractivity contribution in [3.8, 4) is 0 Å². The van der Waals surface area contributed by atoms with Crippen LogP contribution >= 0.6 is 0 Å². The van der Waals surface area contributed by atoms with Crippen molar-refractivity contribution in [1.82, 2.24) is 10.2 Å². The normalized spacial score (nSPS) is 11.5. The molecule has 1 N–H and O–H groups in total. The zero-order valence-electron chi connectivity index (χ0n) is 10.5. The monoisotopic (exact) mass is 278 g/mol. The third-order valence-corrected chi connectivity index (χ3v) is 2.52. The Kier molecular flexibility index (Phi) is 4.88. The van der Waals surface area contributed by atoms with Gasteiger partial charge in [0.2, 0.25) is 0 Å². The lowest BCUT2D eigenvalue weighted by atomic mass is 10.1. The highest BCUT2D eigenvalue weighted by Gasteiger charge is 2.32. The number of nitrogens with zero attached hydrogens (tertiary/aromatic N) is 1. The summed E-state index contributed by atoms with van der Waals surface area (Å²) < 4.78 is 50.7. The molecule has 0 aliphatic carbocycles. The van der Waals surface area contributed by atoms with E-state index in [1.54, 1.807) is 7.05 Å². The van der Waals surface area contributed by atoms with E-state index in [2.05, 4.69) is 5.32 Å². The summed E-state index contributed by atoms with van der Waals surface area (Å²) in [4.78, 5) is 13.1. The summed E-state index contributed by atoms with van der Waals surface area (Å²) in [6.07, 6.45) is -4.68. The van der Waals surface area contributed by atoms with E-state index in [-0.39, 0.29) is 5.56 Å². The second kappa shape index (κ2) is 6.01. The van der Waals surface area contributed by atoms with Gasteiger partial charge in [0.05, 0.1) is 5.56 Å². The number of rotatable bonds is 4. The highest BCUT2D eigenvalue weighted by molar-refractivity contribution is 5.94. The van der Waals surface area contributed by atoms with Crippen molar-refractivity contribution in [3.05, 3.63) is 35.1 Å². The summed E-state index contributed by atoms with van der Waals surface area (Å²) in [6, 6.07) is 1.82. The maximum absolute atomic E-state index is 13.2. The Morgan fingerprint density at radius 1 is 1.32 bits per heavy atom. The number of halogens is 4. The Labute approximate surface area is 108 Å². The van der Waals surface area contributed by atoms with Gasteiger partial charge in [0.1, 0.15) is 5.82 Å². The Hall–Kier alpha value is -1.63. The number of hydrogen-bond acceptors (Lipinski definition) is 2. The average molecular weight is 278 g/mol. The fraction of sp³-hybridized carbons (Fsp3) is 0.417. The maximum Gasteiger partial charge on any atom is 0.416 e. The van der Waals surface area contributed by atoms with Gasteiger partial charge in [0, 0.05) is 25.7 Å². The summed E-state index contributed by atoms with van der Waals surface area (Å²) in [5.41, 5.74) is -1.48. The second-order valence-electron chi connectivity index (χ2n) is 4.06. The molecule has 0 aliphatic rings. The summed E-state index contributed by atoms with van der Waals surface area (Å²) >= 11 is 0. The van der Waals surface area contributed by atoms with Crippen LogP contribution in [0.4, 0.5) is 17.6 Å². The van der Waals surface area contributed by atoms with Crippen LogP contribution in [0.25, 0.3) is 0 Å². The van der Waals surface area contributed by atoms with Crippen molar-refractivity contribution < 1.29 is 22.4 Å². The fourth-order valence-electron chi connectivity index (χ4n) is 1.48. The topological polar surface area (TPSA) is 32.3 Å². The average Bonchev–Trinajstić information content (AvgIpc) is 2.33. The number of nitrogens with one attached hydrogen (secondary N) is 1. The largest absolute Gasteiger partial charge is 0.416 e. The molecule has 106 valence electrons. The first-order chi connectivity index (χ1) is 8.75. The highest BCUT2D eigenvalue weighted by atomic mass is 19.4. The molecule has 0 saturated heterocycles. The van der Waals surface area contributed by atoms with Crippen molar-refractivity contribution >= 4 is 5.91 Å². The molecule has 1 aromatic rings. The number of benzene rings is 1. The van der Waals surface area contributed by atoms with E-state index in [9.17, 15) is 22.4 Å². The number of alkyl halides is 3. The van der Waals surface area contributed by atoms with Crippen LogP contribution in [0.5, 0.6) is 0 Å². The standard InChI is InChI=1S/C12H14F4N2O/c1-17-3-4-18(2)11(19)8-5-9(12(14,15)16)7-10(13)6-8/h5-7,17H,3-4H2,1-2H3. The summed E-state index contributed by atoms with van der Waals surface area (Å²) in [6.45, 7) is 0.802. The third-order valence-electron chi connectivity index (χ3n) is 2.52. The molecular formula is C12H14F4N2O. The third kappa shape index (κ3) is 4.20. The van der Waals surface area contributed by atoms with Crippen LogP contribution < -0.4 is 5.32 Å². The molecule has 19 heavy (non-hydrogen) atoms. The molecule has 0 radical (unpaired) electrons. The van der Waals surface area contributed by atoms with Gasteiger partial charge < -0.3 is 10.2 Å². The number of likely N-dealkylation sites (N-methyl/N-ethyl adjacent to an activating group) is 2. The Morgan fingerprint density at radius 2 is 1.95 bits per heavy atom. The first-order valence-electron chi connectivity index (χ1n) is 5.53. The zero-order valence-corrected chi connectivity index (χ0v) is 10.5. The Morgan fingerprint density at radius 3 is 2.47 bits per heavy atom. The first kappa shape index (κ1) is 15.4. The molecule has 1 rings (SSSR count). The van der Waals surface area contributed by atoms with Gasteiger partial charge in [0.15, 0.2) is 0 Å². The zero-order chi connectivity index (χ0) is 14.6. The number of amides is 1. The second-order valence-corrected chi connectivity index (χ2v) is 4.06. The van der Waals surface area contributed by atoms with E-state index >= 15 is 0 Å². The van der Waals surface area contributed by atoms with Gasteiger partial charge in [-0.3, -0.25) is 4.79 Å². The molecule has 7 heteroatoms. The minimum atomic E-state index is -4.68. The van der Waals surface area contributed by atoms with E-state index in [1.807, 2.05) is 0 Å².